The molecule has 1 atom stereocenters. The van der Waals surface area contributed by atoms with Crippen molar-refractivity contribution in [2.45, 2.75) is 51.7 Å². The van der Waals surface area contributed by atoms with Gasteiger partial charge in [0, 0.05) is 45.0 Å². The number of aromatic nitrogens is 2. The van der Waals surface area contributed by atoms with Gasteiger partial charge in [-0.15, -0.1) is 0 Å². The number of hydrogen-bond acceptors (Lipinski definition) is 3. The van der Waals surface area contributed by atoms with Crippen LogP contribution in [0.2, 0.25) is 0 Å². The smallest absolute Gasteiger partial charge is 0.317 e. The third kappa shape index (κ3) is 3.27. The average Bonchev–Trinajstić information content (AvgIpc) is 3.18. The number of rotatable bonds is 4. The Kier molecular flexibility index (Phi) is 4.66. The summed E-state index contributed by atoms with van der Waals surface area (Å²) in [5, 5.41) is 7.54. The predicted octanol–water partition coefficient (Wildman–Crippen LogP) is 1.84. The number of hydrogen-bond donors (Lipinski definition) is 1. The zero-order valence-electron chi connectivity index (χ0n) is 13.7. The van der Waals surface area contributed by atoms with Crippen molar-refractivity contribution < 1.29 is 4.79 Å². The maximum absolute atomic E-state index is 12.0. The van der Waals surface area contributed by atoms with E-state index in [9.17, 15) is 4.79 Å². The van der Waals surface area contributed by atoms with E-state index in [1.807, 2.05) is 11.1 Å². The molecule has 2 amide bonds. The van der Waals surface area contributed by atoms with E-state index < -0.39 is 0 Å². The number of carbonyl (C=O) groups excluding carboxylic acids is 1. The number of likely N-dealkylation sites (tertiary alicyclic amines) is 1. The molecule has 3 rings (SSSR count). The summed E-state index contributed by atoms with van der Waals surface area (Å²) < 4.78 is 2.14. The van der Waals surface area contributed by atoms with Crippen LogP contribution in [0, 0.1) is 0 Å². The normalized spacial score (nSPS) is 22.1. The van der Waals surface area contributed by atoms with Crippen LogP contribution >= 0.6 is 0 Å². The van der Waals surface area contributed by atoms with Crippen molar-refractivity contribution in [1.29, 1.82) is 0 Å². The van der Waals surface area contributed by atoms with Gasteiger partial charge in [0.2, 0.25) is 0 Å². The second kappa shape index (κ2) is 6.69. The average molecular weight is 305 g/mol. The van der Waals surface area contributed by atoms with Crippen LogP contribution in [0.1, 0.15) is 44.8 Å². The molecule has 2 aliphatic heterocycles. The molecule has 1 saturated heterocycles. The van der Waals surface area contributed by atoms with Gasteiger partial charge in [0.1, 0.15) is 0 Å². The van der Waals surface area contributed by atoms with Crippen LogP contribution in [0.3, 0.4) is 0 Å². The van der Waals surface area contributed by atoms with Crippen molar-refractivity contribution in [3.05, 3.63) is 18.0 Å². The zero-order chi connectivity index (χ0) is 15.5. The van der Waals surface area contributed by atoms with Gasteiger partial charge < -0.3 is 10.2 Å². The van der Waals surface area contributed by atoms with E-state index in [1.54, 1.807) is 0 Å². The van der Waals surface area contributed by atoms with Crippen molar-refractivity contribution in [2.24, 2.45) is 0 Å². The molecule has 1 aromatic heterocycles. The summed E-state index contributed by atoms with van der Waals surface area (Å²) in [6.07, 6.45) is 5.08. The lowest BCUT2D eigenvalue weighted by Crippen LogP contribution is -2.43. The van der Waals surface area contributed by atoms with E-state index in [0.29, 0.717) is 18.6 Å². The minimum atomic E-state index is 0.0923. The van der Waals surface area contributed by atoms with Crippen LogP contribution in [0.5, 0.6) is 0 Å². The third-order valence-corrected chi connectivity index (χ3v) is 4.79. The molecule has 1 aromatic rings. The van der Waals surface area contributed by atoms with Crippen molar-refractivity contribution in [3.8, 4) is 0 Å². The van der Waals surface area contributed by atoms with E-state index >= 15 is 0 Å². The number of carbonyl (C=O) groups is 1. The Hall–Kier alpha value is -1.56. The molecule has 0 saturated carbocycles. The van der Waals surface area contributed by atoms with E-state index in [4.69, 9.17) is 0 Å². The van der Waals surface area contributed by atoms with Crippen molar-refractivity contribution in [3.63, 3.8) is 0 Å². The second-order valence-corrected chi connectivity index (χ2v) is 6.66. The number of amides is 2. The summed E-state index contributed by atoms with van der Waals surface area (Å²) in [5.41, 5.74) is 1.27. The number of fused-ring (bicyclic) bond motifs is 1. The standard InChI is InChI=1S/C16H27N5O/c1-13(2)20-11-14(21-15(12-20)6-8-18-21)5-7-17-16(22)19-9-3-4-10-19/h6,8,13-14H,3-5,7,9-12H2,1-2H3,(H,17,22)/t14-/m0/s1. The summed E-state index contributed by atoms with van der Waals surface area (Å²) in [6, 6.07) is 3.07. The third-order valence-electron chi connectivity index (χ3n) is 4.79. The number of nitrogens with zero attached hydrogens (tertiary/aromatic N) is 4. The molecule has 2 aliphatic rings. The van der Waals surface area contributed by atoms with Gasteiger partial charge in [0.15, 0.2) is 0 Å². The first-order chi connectivity index (χ1) is 10.6. The number of nitrogens with one attached hydrogen (secondary N) is 1. The maximum atomic E-state index is 12.0. The maximum Gasteiger partial charge on any atom is 0.317 e. The Bertz CT molecular complexity index is 506. The van der Waals surface area contributed by atoms with Gasteiger partial charge in [0.05, 0.1) is 11.7 Å². The fourth-order valence-corrected chi connectivity index (χ4v) is 3.40. The first-order valence-electron chi connectivity index (χ1n) is 8.44. The van der Waals surface area contributed by atoms with Crippen LogP contribution < -0.4 is 5.32 Å². The minimum absolute atomic E-state index is 0.0923. The highest BCUT2D eigenvalue weighted by atomic mass is 16.2. The molecular formula is C16H27N5O. The molecule has 0 radical (unpaired) electrons. The summed E-state index contributed by atoms with van der Waals surface area (Å²) in [7, 11) is 0. The highest BCUT2D eigenvalue weighted by Crippen LogP contribution is 2.24. The van der Waals surface area contributed by atoms with E-state index in [0.717, 1.165) is 45.4 Å². The molecular weight excluding hydrogens is 278 g/mol. The summed E-state index contributed by atoms with van der Waals surface area (Å²) in [6.45, 7) is 8.96. The van der Waals surface area contributed by atoms with Gasteiger partial charge in [-0.1, -0.05) is 0 Å². The highest BCUT2D eigenvalue weighted by molar-refractivity contribution is 5.74. The fraction of sp³-hybridized carbons (Fsp3) is 0.750. The lowest BCUT2D eigenvalue weighted by Gasteiger charge is -2.36. The molecule has 122 valence electrons. The van der Waals surface area contributed by atoms with Gasteiger partial charge in [-0.25, -0.2) is 4.79 Å². The lowest BCUT2D eigenvalue weighted by molar-refractivity contribution is 0.134. The Morgan fingerprint density at radius 3 is 2.91 bits per heavy atom. The highest BCUT2D eigenvalue weighted by Gasteiger charge is 2.27. The van der Waals surface area contributed by atoms with Gasteiger partial charge in [-0.2, -0.15) is 5.10 Å². The van der Waals surface area contributed by atoms with Crippen LogP contribution in [0.15, 0.2) is 12.3 Å². The molecule has 1 N–H and O–H groups in total. The minimum Gasteiger partial charge on any atom is -0.338 e. The molecule has 6 nitrogen and oxygen atoms in total. The van der Waals surface area contributed by atoms with Crippen molar-refractivity contribution >= 4 is 6.03 Å². The Morgan fingerprint density at radius 2 is 2.18 bits per heavy atom. The van der Waals surface area contributed by atoms with Crippen molar-refractivity contribution in [1.82, 2.24) is 24.9 Å². The zero-order valence-corrected chi connectivity index (χ0v) is 13.7. The molecule has 0 aliphatic carbocycles. The molecule has 0 spiro atoms. The molecule has 0 bridgehead atoms. The van der Waals surface area contributed by atoms with Gasteiger partial charge >= 0.3 is 6.03 Å². The van der Waals surface area contributed by atoms with Crippen LogP contribution in [0.4, 0.5) is 4.79 Å². The monoisotopic (exact) mass is 305 g/mol. The number of urea groups is 1. The summed E-state index contributed by atoms with van der Waals surface area (Å²) >= 11 is 0. The van der Waals surface area contributed by atoms with Crippen LogP contribution in [-0.4, -0.2) is 57.8 Å². The topological polar surface area (TPSA) is 53.4 Å². The molecule has 0 unspecified atom stereocenters. The van der Waals surface area contributed by atoms with Gasteiger partial charge in [-0.3, -0.25) is 9.58 Å². The van der Waals surface area contributed by atoms with E-state index in [2.05, 4.69) is 39.9 Å². The van der Waals surface area contributed by atoms with Crippen molar-refractivity contribution in [2.75, 3.05) is 26.2 Å². The van der Waals surface area contributed by atoms with Crippen LogP contribution in [-0.2, 0) is 6.54 Å². The van der Waals surface area contributed by atoms with Crippen LogP contribution in [0.25, 0.3) is 0 Å². The summed E-state index contributed by atoms with van der Waals surface area (Å²) in [5.74, 6) is 0. The Labute approximate surface area is 132 Å². The first kappa shape index (κ1) is 15.3. The SMILES string of the molecule is CC(C)N1Cc2ccnn2[C@@H](CCNC(=O)N2CCCC2)C1. The molecule has 6 heteroatoms. The largest absolute Gasteiger partial charge is 0.338 e. The van der Waals surface area contributed by atoms with Gasteiger partial charge in [-0.05, 0) is 39.2 Å². The molecule has 3 heterocycles. The molecule has 1 fully saturated rings. The molecule has 0 aromatic carbocycles. The first-order valence-corrected chi connectivity index (χ1v) is 8.44. The molecule has 22 heavy (non-hydrogen) atoms. The lowest BCUT2D eigenvalue weighted by atomic mass is 10.1. The quantitative estimate of drug-likeness (QED) is 0.923. The predicted molar refractivity (Wildman–Crippen MR) is 85.6 cm³/mol. The second-order valence-electron chi connectivity index (χ2n) is 6.66. The Balaban J connectivity index is 1.54. The Morgan fingerprint density at radius 1 is 1.41 bits per heavy atom. The van der Waals surface area contributed by atoms with E-state index in [-0.39, 0.29) is 6.03 Å². The summed E-state index contributed by atoms with van der Waals surface area (Å²) in [4.78, 5) is 16.4. The fourth-order valence-electron chi connectivity index (χ4n) is 3.40. The van der Waals surface area contributed by atoms with E-state index in [1.165, 1.54) is 5.69 Å². The van der Waals surface area contributed by atoms with Gasteiger partial charge in [0.25, 0.3) is 0 Å².